The molecular weight excluding hydrogens is 338 g/mol. The quantitative estimate of drug-likeness (QED) is 0.675. The van der Waals surface area contributed by atoms with Gasteiger partial charge in [-0.25, -0.2) is 0 Å². The number of hydrogen-bond donors (Lipinski definition) is 0. The molecule has 0 spiro atoms. The van der Waals surface area contributed by atoms with E-state index < -0.39 is 0 Å². The Morgan fingerprint density at radius 1 is 1.11 bits per heavy atom. The summed E-state index contributed by atoms with van der Waals surface area (Å²) in [6.45, 7) is 7.37. The third kappa shape index (κ3) is 5.21. The highest BCUT2D eigenvalue weighted by atomic mass is 16.5. The summed E-state index contributed by atoms with van der Waals surface area (Å²) >= 11 is 0. The van der Waals surface area contributed by atoms with Crippen LogP contribution in [0.25, 0.3) is 0 Å². The number of pyridine rings is 1. The van der Waals surface area contributed by atoms with Crippen molar-refractivity contribution >= 4 is 0 Å². The first-order valence-electron chi connectivity index (χ1n) is 9.80. The minimum atomic E-state index is 0.624. The summed E-state index contributed by atoms with van der Waals surface area (Å²) in [5.74, 6) is 1.55. The van der Waals surface area contributed by atoms with Gasteiger partial charge in [-0.3, -0.25) is 14.8 Å². The van der Waals surface area contributed by atoms with E-state index in [1.54, 1.807) is 14.2 Å². The van der Waals surface area contributed by atoms with Crippen molar-refractivity contribution < 1.29 is 9.47 Å². The normalized spacial score (nSPS) is 17.4. The molecular formula is C22H31N3O2. The highest BCUT2D eigenvalue weighted by Gasteiger charge is 2.25. The van der Waals surface area contributed by atoms with Gasteiger partial charge in [0.1, 0.15) is 0 Å². The number of aromatic nitrogens is 1. The van der Waals surface area contributed by atoms with Crippen molar-refractivity contribution in [2.45, 2.75) is 38.9 Å². The molecule has 0 radical (unpaired) electrons. The van der Waals surface area contributed by atoms with Crippen LogP contribution in [-0.4, -0.2) is 54.7 Å². The minimum Gasteiger partial charge on any atom is -0.493 e. The monoisotopic (exact) mass is 369 g/mol. The van der Waals surface area contributed by atoms with Crippen molar-refractivity contribution in [3.8, 4) is 11.5 Å². The standard InChI is InChI=1S/C22H31N3O2/c1-4-25-13-7-9-20(25)17-24(16-19-8-5-6-12-23-19)15-18-10-11-21(26-2)22(14-18)27-3/h5-6,8,10-12,14,20H,4,7,9,13,15-17H2,1-3H3. The highest BCUT2D eigenvalue weighted by molar-refractivity contribution is 5.42. The number of likely N-dealkylation sites (N-methyl/N-ethyl adjacent to an activating group) is 1. The lowest BCUT2D eigenvalue weighted by molar-refractivity contribution is 0.164. The number of likely N-dealkylation sites (tertiary alicyclic amines) is 1. The second kappa shape index (κ2) is 9.72. The summed E-state index contributed by atoms with van der Waals surface area (Å²) in [6.07, 6.45) is 4.45. The van der Waals surface area contributed by atoms with Gasteiger partial charge in [0.05, 0.1) is 19.9 Å². The number of ether oxygens (including phenoxy) is 2. The van der Waals surface area contributed by atoms with Crippen LogP contribution >= 0.6 is 0 Å². The molecule has 2 aromatic rings. The average molecular weight is 370 g/mol. The third-order valence-electron chi connectivity index (χ3n) is 5.34. The number of benzene rings is 1. The minimum absolute atomic E-state index is 0.624. The van der Waals surface area contributed by atoms with Gasteiger partial charge in [-0.2, -0.15) is 0 Å². The van der Waals surface area contributed by atoms with Crippen molar-refractivity contribution in [1.82, 2.24) is 14.8 Å². The predicted octanol–water partition coefficient (Wildman–Crippen LogP) is 3.59. The van der Waals surface area contributed by atoms with Crippen LogP contribution in [0.2, 0.25) is 0 Å². The summed E-state index contributed by atoms with van der Waals surface area (Å²) in [6, 6.07) is 13.0. The molecule has 0 amide bonds. The maximum absolute atomic E-state index is 5.48. The van der Waals surface area contributed by atoms with E-state index in [9.17, 15) is 0 Å². The molecule has 0 aliphatic carbocycles. The highest BCUT2D eigenvalue weighted by Crippen LogP contribution is 2.28. The SMILES string of the molecule is CCN1CCCC1CN(Cc1ccc(OC)c(OC)c1)Cc1ccccn1. The Bertz CT molecular complexity index is 708. The zero-order valence-electron chi connectivity index (χ0n) is 16.7. The Morgan fingerprint density at radius 3 is 2.67 bits per heavy atom. The molecule has 2 heterocycles. The van der Waals surface area contributed by atoms with E-state index >= 15 is 0 Å². The Balaban J connectivity index is 1.76. The molecule has 1 atom stereocenters. The Hall–Kier alpha value is -2.11. The van der Waals surface area contributed by atoms with Crippen LogP contribution in [0.4, 0.5) is 0 Å². The van der Waals surface area contributed by atoms with Crippen LogP contribution in [0.1, 0.15) is 31.0 Å². The van der Waals surface area contributed by atoms with Crippen molar-refractivity contribution in [1.29, 1.82) is 0 Å². The average Bonchev–Trinajstić information content (AvgIpc) is 3.15. The number of methoxy groups -OCH3 is 2. The molecule has 0 saturated carbocycles. The zero-order chi connectivity index (χ0) is 19.1. The van der Waals surface area contributed by atoms with Gasteiger partial charge in [0.2, 0.25) is 0 Å². The molecule has 5 heteroatoms. The molecule has 1 aliphatic rings. The molecule has 0 bridgehead atoms. The Morgan fingerprint density at radius 2 is 1.96 bits per heavy atom. The molecule has 27 heavy (non-hydrogen) atoms. The van der Waals surface area contributed by atoms with Gasteiger partial charge in [-0.05, 0) is 55.8 Å². The van der Waals surface area contributed by atoms with Crippen LogP contribution in [0.3, 0.4) is 0 Å². The summed E-state index contributed by atoms with van der Waals surface area (Å²) < 4.78 is 10.9. The first-order chi connectivity index (χ1) is 13.2. The molecule has 1 aromatic heterocycles. The van der Waals surface area contributed by atoms with E-state index in [-0.39, 0.29) is 0 Å². The molecule has 1 saturated heterocycles. The summed E-state index contributed by atoms with van der Waals surface area (Å²) in [5.41, 5.74) is 2.34. The topological polar surface area (TPSA) is 37.8 Å². The maximum atomic E-state index is 5.48. The van der Waals surface area contributed by atoms with Gasteiger partial charge in [0.25, 0.3) is 0 Å². The first kappa shape index (κ1) is 19.6. The fourth-order valence-electron chi connectivity index (χ4n) is 3.96. The molecule has 1 aliphatic heterocycles. The molecule has 1 fully saturated rings. The molecule has 3 rings (SSSR count). The number of hydrogen-bond acceptors (Lipinski definition) is 5. The van der Waals surface area contributed by atoms with Crippen LogP contribution in [0.15, 0.2) is 42.6 Å². The summed E-state index contributed by atoms with van der Waals surface area (Å²) in [7, 11) is 3.36. The Labute approximate surface area is 162 Å². The van der Waals surface area contributed by atoms with E-state index in [1.807, 2.05) is 18.3 Å². The molecule has 5 nitrogen and oxygen atoms in total. The molecule has 146 valence electrons. The predicted molar refractivity (Wildman–Crippen MR) is 108 cm³/mol. The lowest BCUT2D eigenvalue weighted by Gasteiger charge is -2.30. The van der Waals surface area contributed by atoms with E-state index in [1.165, 1.54) is 24.9 Å². The number of nitrogens with zero attached hydrogens (tertiary/aromatic N) is 3. The van der Waals surface area contributed by atoms with E-state index in [0.717, 1.165) is 43.4 Å². The third-order valence-corrected chi connectivity index (χ3v) is 5.34. The second-order valence-corrected chi connectivity index (χ2v) is 7.10. The van der Waals surface area contributed by atoms with Gasteiger partial charge in [-0.1, -0.05) is 19.1 Å². The van der Waals surface area contributed by atoms with Gasteiger partial charge in [0, 0.05) is 31.9 Å². The van der Waals surface area contributed by atoms with Gasteiger partial charge >= 0.3 is 0 Å². The smallest absolute Gasteiger partial charge is 0.161 e. The van der Waals surface area contributed by atoms with Crippen molar-refractivity contribution in [3.05, 3.63) is 53.9 Å². The Kier molecular flexibility index (Phi) is 7.07. The van der Waals surface area contributed by atoms with Crippen molar-refractivity contribution in [2.24, 2.45) is 0 Å². The molecule has 0 N–H and O–H groups in total. The first-order valence-corrected chi connectivity index (χ1v) is 9.80. The summed E-state index contributed by atoms with van der Waals surface area (Å²) in [4.78, 5) is 9.63. The van der Waals surface area contributed by atoms with Crippen LogP contribution in [0.5, 0.6) is 11.5 Å². The maximum Gasteiger partial charge on any atom is 0.161 e. The molecule has 1 unspecified atom stereocenters. The second-order valence-electron chi connectivity index (χ2n) is 7.10. The van der Waals surface area contributed by atoms with Crippen molar-refractivity contribution in [2.75, 3.05) is 33.9 Å². The van der Waals surface area contributed by atoms with E-state index in [0.29, 0.717) is 6.04 Å². The fourth-order valence-corrected chi connectivity index (χ4v) is 3.96. The van der Waals surface area contributed by atoms with E-state index in [2.05, 4.69) is 46.0 Å². The fraction of sp³-hybridized carbons (Fsp3) is 0.500. The molecule has 1 aromatic carbocycles. The lowest BCUT2D eigenvalue weighted by Crippen LogP contribution is -2.39. The van der Waals surface area contributed by atoms with Crippen LogP contribution < -0.4 is 9.47 Å². The lowest BCUT2D eigenvalue weighted by atomic mass is 10.1. The van der Waals surface area contributed by atoms with Gasteiger partial charge in [-0.15, -0.1) is 0 Å². The van der Waals surface area contributed by atoms with Crippen molar-refractivity contribution in [3.63, 3.8) is 0 Å². The number of rotatable bonds is 9. The van der Waals surface area contributed by atoms with Crippen LogP contribution in [-0.2, 0) is 13.1 Å². The zero-order valence-corrected chi connectivity index (χ0v) is 16.7. The van der Waals surface area contributed by atoms with Gasteiger partial charge < -0.3 is 9.47 Å². The summed E-state index contributed by atoms with van der Waals surface area (Å²) in [5, 5.41) is 0. The van der Waals surface area contributed by atoms with Gasteiger partial charge in [0.15, 0.2) is 11.5 Å². The largest absolute Gasteiger partial charge is 0.493 e. The van der Waals surface area contributed by atoms with E-state index in [4.69, 9.17) is 9.47 Å². The van der Waals surface area contributed by atoms with Crippen LogP contribution in [0, 0.1) is 0 Å².